The molecular formula is C9H15F5O. The van der Waals surface area contributed by atoms with Crippen LogP contribution in [0.4, 0.5) is 22.0 Å². The monoisotopic (exact) mass is 234 g/mol. The third kappa shape index (κ3) is 9.90. The van der Waals surface area contributed by atoms with Crippen molar-refractivity contribution in [1.29, 1.82) is 0 Å². The molecule has 1 atom stereocenters. The van der Waals surface area contributed by atoms with E-state index in [0.29, 0.717) is 0 Å². The van der Waals surface area contributed by atoms with Gasteiger partial charge >= 0.3 is 6.18 Å². The molecule has 15 heavy (non-hydrogen) atoms. The Kier molecular flexibility index (Phi) is 6.09. The van der Waals surface area contributed by atoms with Gasteiger partial charge in [0.1, 0.15) is 6.61 Å². The SMILES string of the molecule is CC(C)C[C@H](CC(F)(F)F)OCC(F)F. The first-order valence-corrected chi connectivity index (χ1v) is 4.67. The maximum absolute atomic E-state index is 12.0. The standard InChI is InChI=1S/C9H15F5O/c1-6(2)3-7(4-9(12,13)14)15-5-8(10)11/h6-8H,3-5H2,1-2H3/t7-/m1/s1. The first kappa shape index (κ1) is 14.6. The average molecular weight is 234 g/mol. The summed E-state index contributed by atoms with van der Waals surface area (Å²) >= 11 is 0. The smallest absolute Gasteiger partial charge is 0.372 e. The molecule has 0 unspecified atom stereocenters. The molecule has 0 saturated heterocycles. The van der Waals surface area contributed by atoms with Crippen molar-refractivity contribution in [3.05, 3.63) is 0 Å². The van der Waals surface area contributed by atoms with Crippen molar-refractivity contribution in [1.82, 2.24) is 0 Å². The number of halogens is 5. The van der Waals surface area contributed by atoms with Gasteiger partial charge in [-0.2, -0.15) is 13.2 Å². The van der Waals surface area contributed by atoms with Crippen LogP contribution in [0.25, 0.3) is 0 Å². The summed E-state index contributed by atoms with van der Waals surface area (Å²) in [5.41, 5.74) is 0. The van der Waals surface area contributed by atoms with E-state index >= 15 is 0 Å². The van der Waals surface area contributed by atoms with Crippen LogP contribution in [0.1, 0.15) is 26.7 Å². The lowest BCUT2D eigenvalue weighted by molar-refractivity contribution is -0.167. The topological polar surface area (TPSA) is 9.23 Å². The molecule has 0 aromatic carbocycles. The Morgan fingerprint density at radius 3 is 2.00 bits per heavy atom. The highest BCUT2D eigenvalue weighted by molar-refractivity contribution is 4.66. The van der Waals surface area contributed by atoms with Crippen LogP contribution < -0.4 is 0 Å². The quantitative estimate of drug-likeness (QED) is 0.637. The van der Waals surface area contributed by atoms with Crippen LogP contribution in [0.5, 0.6) is 0 Å². The van der Waals surface area contributed by atoms with E-state index in [9.17, 15) is 22.0 Å². The van der Waals surface area contributed by atoms with E-state index in [1.54, 1.807) is 13.8 Å². The Morgan fingerprint density at radius 1 is 1.13 bits per heavy atom. The molecule has 0 aromatic heterocycles. The summed E-state index contributed by atoms with van der Waals surface area (Å²) in [6, 6.07) is 0. The number of ether oxygens (including phenoxy) is 1. The second-order valence-electron chi connectivity index (χ2n) is 3.80. The minimum atomic E-state index is -4.37. The minimum absolute atomic E-state index is 0.0185. The lowest BCUT2D eigenvalue weighted by Crippen LogP contribution is -2.26. The zero-order chi connectivity index (χ0) is 12.1. The van der Waals surface area contributed by atoms with E-state index in [1.165, 1.54) is 0 Å². The molecule has 0 aromatic rings. The third-order valence-electron chi connectivity index (χ3n) is 1.65. The minimum Gasteiger partial charge on any atom is -0.372 e. The van der Waals surface area contributed by atoms with Gasteiger partial charge in [0, 0.05) is 0 Å². The number of rotatable bonds is 6. The molecule has 92 valence electrons. The summed E-state index contributed by atoms with van der Waals surface area (Å²) in [6.45, 7) is 2.50. The van der Waals surface area contributed by atoms with Gasteiger partial charge in [0.15, 0.2) is 0 Å². The fourth-order valence-corrected chi connectivity index (χ4v) is 1.20. The van der Waals surface area contributed by atoms with Gasteiger partial charge < -0.3 is 4.74 Å². The number of alkyl halides is 5. The predicted molar refractivity (Wildman–Crippen MR) is 45.9 cm³/mol. The largest absolute Gasteiger partial charge is 0.391 e. The molecule has 0 amide bonds. The normalized spacial score (nSPS) is 15.0. The summed E-state index contributed by atoms with van der Waals surface area (Å²) in [5, 5.41) is 0. The van der Waals surface area contributed by atoms with E-state index in [0.717, 1.165) is 0 Å². The molecule has 0 radical (unpaired) electrons. The number of hydrogen-bond donors (Lipinski definition) is 0. The highest BCUT2D eigenvalue weighted by Gasteiger charge is 2.33. The zero-order valence-corrected chi connectivity index (χ0v) is 8.65. The molecule has 0 bridgehead atoms. The van der Waals surface area contributed by atoms with E-state index in [1.807, 2.05) is 0 Å². The van der Waals surface area contributed by atoms with Crippen LogP contribution in [0, 0.1) is 5.92 Å². The van der Waals surface area contributed by atoms with Gasteiger partial charge in [0.05, 0.1) is 12.5 Å². The van der Waals surface area contributed by atoms with Crippen molar-refractivity contribution >= 4 is 0 Å². The molecule has 0 saturated carbocycles. The van der Waals surface area contributed by atoms with Gasteiger partial charge in [0.25, 0.3) is 6.43 Å². The summed E-state index contributed by atoms with van der Waals surface area (Å²) in [6.07, 6.45) is -9.31. The lowest BCUT2D eigenvalue weighted by atomic mass is 10.0. The Balaban J connectivity index is 4.07. The van der Waals surface area contributed by atoms with E-state index < -0.39 is 31.7 Å². The van der Waals surface area contributed by atoms with E-state index in [4.69, 9.17) is 0 Å². The molecule has 1 nitrogen and oxygen atoms in total. The van der Waals surface area contributed by atoms with E-state index in [-0.39, 0.29) is 12.3 Å². The molecule has 0 aliphatic rings. The second kappa shape index (κ2) is 6.25. The molecule has 0 fully saturated rings. The summed E-state index contributed by atoms with van der Waals surface area (Å²) in [5.74, 6) is -0.0185. The Bertz CT molecular complexity index is 166. The van der Waals surface area contributed by atoms with Crippen molar-refractivity contribution < 1.29 is 26.7 Å². The Labute approximate surface area is 85.6 Å². The van der Waals surface area contributed by atoms with Gasteiger partial charge in [0.2, 0.25) is 0 Å². The predicted octanol–water partition coefficient (Wildman–Crippen LogP) is 3.64. The summed E-state index contributed by atoms with van der Waals surface area (Å²) < 4.78 is 64.1. The highest BCUT2D eigenvalue weighted by Crippen LogP contribution is 2.26. The molecule has 0 heterocycles. The highest BCUT2D eigenvalue weighted by atomic mass is 19.4. The van der Waals surface area contributed by atoms with Crippen molar-refractivity contribution in [2.24, 2.45) is 5.92 Å². The average Bonchev–Trinajstić information content (AvgIpc) is 1.95. The maximum atomic E-state index is 12.0. The number of hydrogen-bond acceptors (Lipinski definition) is 1. The fraction of sp³-hybridized carbons (Fsp3) is 1.00. The maximum Gasteiger partial charge on any atom is 0.391 e. The van der Waals surface area contributed by atoms with Crippen molar-refractivity contribution in [3.63, 3.8) is 0 Å². The molecule has 0 aliphatic heterocycles. The van der Waals surface area contributed by atoms with Gasteiger partial charge in [-0.3, -0.25) is 0 Å². The molecule has 0 N–H and O–H groups in total. The molecule has 0 spiro atoms. The van der Waals surface area contributed by atoms with Gasteiger partial charge in [-0.05, 0) is 12.3 Å². The fourth-order valence-electron chi connectivity index (χ4n) is 1.20. The Hall–Kier alpha value is -0.390. The van der Waals surface area contributed by atoms with Crippen LogP contribution in [0.2, 0.25) is 0 Å². The van der Waals surface area contributed by atoms with Crippen LogP contribution in [-0.4, -0.2) is 25.3 Å². The van der Waals surface area contributed by atoms with Crippen molar-refractivity contribution in [2.45, 2.75) is 45.4 Å². The van der Waals surface area contributed by atoms with Crippen LogP contribution >= 0.6 is 0 Å². The van der Waals surface area contributed by atoms with Crippen LogP contribution in [-0.2, 0) is 4.74 Å². The van der Waals surface area contributed by atoms with Crippen molar-refractivity contribution in [3.8, 4) is 0 Å². The zero-order valence-electron chi connectivity index (χ0n) is 8.65. The van der Waals surface area contributed by atoms with E-state index in [2.05, 4.69) is 4.74 Å². The Morgan fingerprint density at radius 2 is 1.67 bits per heavy atom. The first-order chi connectivity index (χ1) is 6.70. The first-order valence-electron chi connectivity index (χ1n) is 4.67. The second-order valence-corrected chi connectivity index (χ2v) is 3.80. The molecule has 6 heteroatoms. The van der Waals surface area contributed by atoms with Crippen molar-refractivity contribution in [2.75, 3.05) is 6.61 Å². The summed E-state index contributed by atoms with van der Waals surface area (Å²) in [4.78, 5) is 0. The van der Waals surface area contributed by atoms with Gasteiger partial charge in [-0.1, -0.05) is 13.8 Å². The lowest BCUT2D eigenvalue weighted by Gasteiger charge is -2.20. The van der Waals surface area contributed by atoms with Gasteiger partial charge in [-0.15, -0.1) is 0 Å². The van der Waals surface area contributed by atoms with Crippen LogP contribution in [0.3, 0.4) is 0 Å². The van der Waals surface area contributed by atoms with Crippen LogP contribution in [0.15, 0.2) is 0 Å². The third-order valence-corrected chi connectivity index (χ3v) is 1.65. The summed E-state index contributed by atoms with van der Waals surface area (Å²) in [7, 11) is 0. The van der Waals surface area contributed by atoms with Gasteiger partial charge in [-0.25, -0.2) is 8.78 Å². The molecule has 0 aliphatic carbocycles. The molecule has 0 rings (SSSR count). The molecular weight excluding hydrogens is 219 g/mol.